The van der Waals surface area contributed by atoms with Gasteiger partial charge in [0.1, 0.15) is 5.82 Å². The number of carbonyl (C=O) groups is 2. The standard InChI is InChI=1S/C33H39F4N3O2/c1-7-12-32(13-8-2)20-28-29(27-11-10-26(34)16-21(27)4)40(15-14-39(28)30(32)41)31(42)38(6)22(5)24-17-23(9-3)18-25(19-24)33(35,36)37/h7-8,10-11,16-19,22,28-29H,1-2,9,12-15,20H2,3-6H3/t22-,28+,29+/m1/s1. The molecule has 0 bridgehead atoms. The van der Waals surface area contributed by atoms with Gasteiger partial charge in [-0.25, -0.2) is 9.18 Å². The summed E-state index contributed by atoms with van der Waals surface area (Å²) in [6.45, 7) is 13.5. The molecule has 2 aliphatic heterocycles. The second-order valence-corrected chi connectivity index (χ2v) is 11.6. The molecule has 226 valence electrons. The Balaban J connectivity index is 1.75. The van der Waals surface area contributed by atoms with E-state index >= 15 is 0 Å². The molecule has 0 aliphatic carbocycles. The number of nitrogens with zero attached hydrogens (tertiary/aromatic N) is 3. The van der Waals surface area contributed by atoms with Crippen LogP contribution in [0, 0.1) is 18.2 Å². The van der Waals surface area contributed by atoms with Crippen LogP contribution in [0.25, 0.3) is 0 Å². The van der Waals surface area contributed by atoms with Crippen molar-refractivity contribution in [2.24, 2.45) is 5.41 Å². The molecule has 0 spiro atoms. The molecule has 2 aromatic rings. The first-order valence-corrected chi connectivity index (χ1v) is 14.3. The first-order chi connectivity index (χ1) is 19.8. The van der Waals surface area contributed by atoms with Gasteiger partial charge in [-0.2, -0.15) is 13.2 Å². The van der Waals surface area contributed by atoms with Crippen LogP contribution in [0.2, 0.25) is 0 Å². The van der Waals surface area contributed by atoms with Gasteiger partial charge in [0.15, 0.2) is 0 Å². The van der Waals surface area contributed by atoms with E-state index in [1.165, 1.54) is 17.0 Å². The van der Waals surface area contributed by atoms with Crippen LogP contribution in [0.1, 0.15) is 73.0 Å². The Labute approximate surface area is 245 Å². The first-order valence-electron chi connectivity index (χ1n) is 14.3. The Bertz CT molecular complexity index is 1360. The zero-order valence-electron chi connectivity index (χ0n) is 24.7. The lowest BCUT2D eigenvalue weighted by atomic mass is 9.76. The number of alkyl halides is 3. The fraction of sp³-hybridized carbons (Fsp3) is 0.455. The minimum atomic E-state index is -4.51. The molecule has 4 rings (SSSR count). The van der Waals surface area contributed by atoms with E-state index in [2.05, 4.69) is 13.2 Å². The number of rotatable bonds is 8. The number of urea groups is 1. The first kappa shape index (κ1) is 31.3. The van der Waals surface area contributed by atoms with Crippen LogP contribution < -0.4 is 0 Å². The number of aryl methyl sites for hydroxylation is 2. The second kappa shape index (κ2) is 11.9. The minimum absolute atomic E-state index is 0.0121. The molecule has 0 N–H and O–H groups in total. The van der Waals surface area contributed by atoms with E-state index in [1.807, 2.05) is 4.90 Å². The average molecular weight is 586 g/mol. The maximum absolute atomic E-state index is 14.2. The molecule has 2 saturated heterocycles. The zero-order chi connectivity index (χ0) is 31.0. The van der Waals surface area contributed by atoms with Gasteiger partial charge in [0, 0.05) is 20.1 Å². The Hall–Kier alpha value is -3.62. The maximum atomic E-state index is 14.2. The van der Waals surface area contributed by atoms with E-state index in [-0.39, 0.29) is 24.5 Å². The number of amides is 3. The summed E-state index contributed by atoms with van der Waals surface area (Å²) in [5.74, 6) is -0.416. The van der Waals surface area contributed by atoms with Crippen LogP contribution in [0.15, 0.2) is 61.7 Å². The van der Waals surface area contributed by atoms with Crippen molar-refractivity contribution in [3.63, 3.8) is 0 Å². The molecule has 2 aromatic carbocycles. The normalized spacial score (nSPS) is 20.7. The summed E-state index contributed by atoms with van der Waals surface area (Å²) in [7, 11) is 1.58. The SMILES string of the molecule is C=CCC1(CC=C)C[C@H]2[C@H](c3ccc(F)cc3C)N(C(=O)N(C)[C@H](C)c3cc(CC)cc(C(F)(F)F)c3)CCN2C1=O. The van der Waals surface area contributed by atoms with Gasteiger partial charge in [-0.3, -0.25) is 4.79 Å². The summed E-state index contributed by atoms with van der Waals surface area (Å²) in [4.78, 5) is 33.0. The number of hydrogen-bond donors (Lipinski definition) is 0. The lowest BCUT2D eigenvalue weighted by molar-refractivity contribution is -0.139. The predicted octanol–water partition coefficient (Wildman–Crippen LogP) is 7.62. The van der Waals surface area contributed by atoms with Crippen LogP contribution in [0.5, 0.6) is 0 Å². The number of piperazine rings is 1. The van der Waals surface area contributed by atoms with Crippen molar-refractivity contribution in [2.75, 3.05) is 20.1 Å². The second-order valence-electron chi connectivity index (χ2n) is 11.6. The van der Waals surface area contributed by atoms with Crippen LogP contribution in [0.3, 0.4) is 0 Å². The average Bonchev–Trinajstić information content (AvgIpc) is 3.22. The highest BCUT2D eigenvalue weighted by atomic mass is 19.4. The van der Waals surface area contributed by atoms with Gasteiger partial charge in [-0.05, 0) is 86.1 Å². The Morgan fingerprint density at radius 1 is 1.14 bits per heavy atom. The molecule has 0 unspecified atom stereocenters. The van der Waals surface area contributed by atoms with Crippen LogP contribution in [-0.4, -0.2) is 52.8 Å². The van der Waals surface area contributed by atoms with E-state index in [0.29, 0.717) is 48.9 Å². The highest BCUT2D eigenvalue weighted by Gasteiger charge is 2.56. The zero-order valence-corrected chi connectivity index (χ0v) is 24.7. The number of hydrogen-bond acceptors (Lipinski definition) is 2. The monoisotopic (exact) mass is 585 g/mol. The quantitative estimate of drug-likeness (QED) is 0.236. The molecular weight excluding hydrogens is 546 g/mol. The molecule has 2 fully saturated rings. The summed E-state index contributed by atoms with van der Waals surface area (Å²) < 4.78 is 55.2. The summed E-state index contributed by atoms with van der Waals surface area (Å²) >= 11 is 0. The number of allylic oxidation sites excluding steroid dienone is 2. The largest absolute Gasteiger partial charge is 0.416 e. The molecule has 42 heavy (non-hydrogen) atoms. The number of carbonyl (C=O) groups excluding carboxylic acids is 2. The molecule has 2 aliphatic rings. The van der Waals surface area contributed by atoms with Gasteiger partial charge in [-0.1, -0.05) is 31.2 Å². The summed E-state index contributed by atoms with van der Waals surface area (Å²) in [6, 6.07) is 6.39. The molecule has 9 heteroatoms. The molecule has 5 nitrogen and oxygen atoms in total. The van der Waals surface area contributed by atoms with Crippen molar-refractivity contribution in [2.45, 2.75) is 70.8 Å². The molecule has 0 aromatic heterocycles. The van der Waals surface area contributed by atoms with Crippen molar-refractivity contribution in [3.05, 3.63) is 95.3 Å². The Kier molecular flexibility index (Phi) is 8.90. The summed E-state index contributed by atoms with van der Waals surface area (Å²) in [5.41, 5.74) is 0.826. The molecule has 2 heterocycles. The number of halogens is 4. The van der Waals surface area contributed by atoms with Crippen LogP contribution >= 0.6 is 0 Å². The highest BCUT2D eigenvalue weighted by Crippen LogP contribution is 2.50. The third-order valence-electron chi connectivity index (χ3n) is 8.98. The summed E-state index contributed by atoms with van der Waals surface area (Å²) in [5, 5.41) is 0. The van der Waals surface area contributed by atoms with E-state index in [0.717, 1.165) is 17.7 Å². The minimum Gasteiger partial charge on any atom is -0.335 e. The third-order valence-corrected chi connectivity index (χ3v) is 8.98. The van der Waals surface area contributed by atoms with E-state index < -0.39 is 35.1 Å². The van der Waals surface area contributed by atoms with Gasteiger partial charge >= 0.3 is 12.2 Å². The van der Waals surface area contributed by atoms with E-state index in [1.54, 1.807) is 57.0 Å². The van der Waals surface area contributed by atoms with Crippen LogP contribution in [0.4, 0.5) is 22.4 Å². The molecule has 3 atom stereocenters. The Morgan fingerprint density at radius 2 is 1.81 bits per heavy atom. The van der Waals surface area contributed by atoms with E-state index in [9.17, 15) is 27.2 Å². The van der Waals surface area contributed by atoms with Gasteiger partial charge in [0.2, 0.25) is 5.91 Å². The van der Waals surface area contributed by atoms with Crippen molar-refractivity contribution >= 4 is 11.9 Å². The molecular formula is C33H39F4N3O2. The molecule has 0 saturated carbocycles. The Morgan fingerprint density at radius 3 is 2.38 bits per heavy atom. The van der Waals surface area contributed by atoms with Crippen LogP contribution in [-0.2, 0) is 17.4 Å². The summed E-state index contributed by atoms with van der Waals surface area (Å²) in [6.07, 6.45) is 0.748. The van der Waals surface area contributed by atoms with Gasteiger partial charge in [0.25, 0.3) is 0 Å². The topological polar surface area (TPSA) is 43.9 Å². The van der Waals surface area contributed by atoms with Crippen molar-refractivity contribution in [1.29, 1.82) is 0 Å². The molecule has 3 amide bonds. The van der Waals surface area contributed by atoms with Gasteiger partial charge < -0.3 is 14.7 Å². The smallest absolute Gasteiger partial charge is 0.335 e. The highest BCUT2D eigenvalue weighted by molar-refractivity contribution is 5.87. The fourth-order valence-electron chi connectivity index (χ4n) is 6.62. The van der Waals surface area contributed by atoms with Crippen molar-refractivity contribution in [1.82, 2.24) is 14.7 Å². The lowest BCUT2D eigenvalue weighted by Gasteiger charge is -2.47. The van der Waals surface area contributed by atoms with E-state index in [4.69, 9.17) is 0 Å². The van der Waals surface area contributed by atoms with Gasteiger partial charge in [-0.15, -0.1) is 13.2 Å². The number of benzene rings is 2. The lowest BCUT2D eigenvalue weighted by Crippen LogP contribution is -2.57. The molecule has 0 radical (unpaired) electrons. The van der Waals surface area contributed by atoms with Gasteiger partial charge in [0.05, 0.1) is 29.1 Å². The fourth-order valence-corrected chi connectivity index (χ4v) is 6.62. The van der Waals surface area contributed by atoms with Crippen molar-refractivity contribution in [3.8, 4) is 0 Å². The predicted molar refractivity (Wildman–Crippen MR) is 155 cm³/mol. The van der Waals surface area contributed by atoms with Crippen molar-refractivity contribution < 1.29 is 27.2 Å². The third kappa shape index (κ3) is 5.70. The maximum Gasteiger partial charge on any atom is 0.416 e. The number of fused-ring (bicyclic) bond motifs is 1.